The van der Waals surface area contributed by atoms with Crippen molar-refractivity contribution in [1.82, 2.24) is 19.6 Å². The maximum absolute atomic E-state index is 13.1. The van der Waals surface area contributed by atoms with Gasteiger partial charge in [-0.1, -0.05) is 17.7 Å². The van der Waals surface area contributed by atoms with Crippen molar-refractivity contribution in [2.24, 2.45) is 0 Å². The van der Waals surface area contributed by atoms with Crippen molar-refractivity contribution in [1.29, 1.82) is 0 Å². The maximum atomic E-state index is 13.1. The summed E-state index contributed by atoms with van der Waals surface area (Å²) in [6.07, 6.45) is 1.18. The molecule has 0 spiro atoms. The average Bonchev–Trinajstić information content (AvgIpc) is 3.08. The van der Waals surface area contributed by atoms with Crippen molar-refractivity contribution < 1.29 is 18.8 Å². The van der Waals surface area contributed by atoms with Crippen molar-refractivity contribution in [2.45, 2.75) is 13.1 Å². The van der Waals surface area contributed by atoms with E-state index >= 15 is 0 Å². The van der Waals surface area contributed by atoms with Crippen LogP contribution < -0.4 is 4.74 Å². The predicted molar refractivity (Wildman–Crippen MR) is 98.7 cm³/mol. The van der Waals surface area contributed by atoms with Crippen LogP contribution in [0.25, 0.3) is 0 Å². The van der Waals surface area contributed by atoms with Gasteiger partial charge in [0.1, 0.15) is 18.6 Å². The third-order valence-electron chi connectivity index (χ3n) is 4.53. The van der Waals surface area contributed by atoms with E-state index in [-0.39, 0.29) is 29.8 Å². The van der Waals surface area contributed by atoms with Crippen molar-refractivity contribution >= 4 is 23.2 Å². The number of nitro groups is 1. The first kappa shape index (κ1) is 20.0. The minimum Gasteiger partial charge on any atom is -0.475 e. The first-order valence-electron chi connectivity index (χ1n) is 8.57. The monoisotopic (exact) mass is 411 g/mol. The average molecular weight is 412 g/mol. The van der Waals surface area contributed by atoms with Crippen LogP contribution in [-0.4, -0.2) is 63.7 Å². The zero-order chi connectivity index (χ0) is 20.3. The summed E-state index contributed by atoms with van der Waals surface area (Å²) in [5.41, 5.74) is 0.551. The number of methoxy groups -OCH3 is 1. The van der Waals surface area contributed by atoms with Gasteiger partial charge in [-0.2, -0.15) is 0 Å². The molecule has 2 heterocycles. The normalized spacial score (nSPS) is 14.9. The van der Waals surface area contributed by atoms with E-state index in [4.69, 9.17) is 16.3 Å². The molecule has 1 aromatic heterocycles. The number of halogens is 2. The number of carbonyl (C=O) groups excluding carboxylic acids is 1. The number of nitrogens with zero attached hydrogens (tertiary/aromatic N) is 5. The number of benzene rings is 1. The summed E-state index contributed by atoms with van der Waals surface area (Å²) in [5, 5.41) is 15.3. The second kappa shape index (κ2) is 8.53. The quantitative estimate of drug-likeness (QED) is 0.532. The molecule has 1 saturated heterocycles. The molecule has 0 radical (unpaired) electrons. The number of ether oxygens (including phenoxy) is 1. The van der Waals surface area contributed by atoms with E-state index in [1.807, 2.05) is 0 Å². The number of hydrogen-bond acceptors (Lipinski definition) is 6. The van der Waals surface area contributed by atoms with Crippen molar-refractivity contribution in [2.75, 3.05) is 33.3 Å². The van der Waals surface area contributed by atoms with Crippen LogP contribution in [-0.2, 0) is 17.9 Å². The lowest BCUT2D eigenvalue weighted by atomic mass is 10.2. The molecule has 28 heavy (non-hydrogen) atoms. The van der Waals surface area contributed by atoms with E-state index in [0.29, 0.717) is 37.7 Å². The molecule has 0 bridgehead atoms. The van der Waals surface area contributed by atoms with Crippen LogP contribution in [0.2, 0.25) is 5.02 Å². The lowest BCUT2D eigenvalue weighted by Gasteiger charge is -2.34. The van der Waals surface area contributed by atoms with E-state index in [0.717, 1.165) is 5.56 Å². The minimum atomic E-state index is -0.605. The van der Waals surface area contributed by atoms with E-state index < -0.39 is 4.92 Å². The number of hydrogen-bond donors (Lipinski definition) is 0. The molecule has 1 aliphatic rings. The van der Waals surface area contributed by atoms with Gasteiger partial charge in [-0.15, -0.1) is 5.10 Å². The summed E-state index contributed by atoms with van der Waals surface area (Å²) < 4.78 is 19.2. The van der Waals surface area contributed by atoms with Gasteiger partial charge in [0, 0.05) is 37.7 Å². The molecule has 1 aromatic carbocycles. The van der Waals surface area contributed by atoms with Crippen molar-refractivity contribution in [3.05, 3.63) is 50.9 Å². The third kappa shape index (κ3) is 4.57. The first-order chi connectivity index (χ1) is 13.4. The third-order valence-corrected chi connectivity index (χ3v) is 4.88. The highest BCUT2D eigenvalue weighted by Crippen LogP contribution is 2.24. The number of piperazine rings is 1. The summed E-state index contributed by atoms with van der Waals surface area (Å²) in [4.78, 5) is 26.6. The van der Waals surface area contributed by atoms with Crippen LogP contribution in [0.15, 0.2) is 24.4 Å². The highest BCUT2D eigenvalue weighted by atomic mass is 35.5. The number of aromatic nitrogens is 2. The summed E-state index contributed by atoms with van der Waals surface area (Å²) in [6.45, 7) is 2.78. The fourth-order valence-electron chi connectivity index (χ4n) is 3.03. The smallest absolute Gasteiger partial charge is 0.350 e. The molecule has 0 atom stereocenters. The highest BCUT2D eigenvalue weighted by molar-refractivity contribution is 6.31. The molecule has 1 amide bonds. The number of carbonyl (C=O) groups is 1. The van der Waals surface area contributed by atoms with Gasteiger partial charge in [0.15, 0.2) is 0 Å². The lowest BCUT2D eigenvalue weighted by molar-refractivity contribution is -0.385. The van der Waals surface area contributed by atoms with Crippen LogP contribution in [0.5, 0.6) is 5.88 Å². The molecular formula is C17H19ClFN5O4. The zero-order valence-corrected chi connectivity index (χ0v) is 15.9. The lowest BCUT2D eigenvalue weighted by Crippen LogP contribution is -2.49. The van der Waals surface area contributed by atoms with Gasteiger partial charge >= 0.3 is 11.6 Å². The van der Waals surface area contributed by atoms with Crippen LogP contribution in [0.1, 0.15) is 5.56 Å². The van der Waals surface area contributed by atoms with Gasteiger partial charge in [0.2, 0.25) is 5.91 Å². The van der Waals surface area contributed by atoms with Crippen LogP contribution in [0, 0.1) is 15.9 Å². The van der Waals surface area contributed by atoms with Crippen LogP contribution in [0.3, 0.4) is 0 Å². The molecule has 3 rings (SSSR count). The zero-order valence-electron chi connectivity index (χ0n) is 15.2. The molecule has 150 valence electrons. The Balaban J connectivity index is 1.54. The van der Waals surface area contributed by atoms with Crippen LogP contribution >= 0.6 is 11.6 Å². The van der Waals surface area contributed by atoms with E-state index in [2.05, 4.69) is 10.00 Å². The minimum absolute atomic E-state index is 0.103. The second-order valence-electron chi connectivity index (χ2n) is 6.37. The standard InChI is InChI=1S/C17H19ClFN5O4/c1-28-17-15(24(26)27)10-23(20-17)11-16(25)22-6-4-21(5-7-22)9-12-2-3-13(19)8-14(12)18/h2-3,8,10H,4-7,9,11H2,1H3. The number of amides is 1. The van der Waals surface area contributed by atoms with Gasteiger partial charge in [0.05, 0.1) is 12.0 Å². The van der Waals surface area contributed by atoms with Gasteiger partial charge in [-0.05, 0) is 17.7 Å². The summed E-state index contributed by atoms with van der Waals surface area (Å²) in [7, 11) is 1.29. The molecule has 0 N–H and O–H groups in total. The van der Waals surface area contributed by atoms with E-state index in [1.165, 1.54) is 30.1 Å². The Morgan fingerprint density at radius 1 is 1.36 bits per heavy atom. The summed E-state index contributed by atoms with van der Waals surface area (Å²) in [6, 6.07) is 4.32. The Morgan fingerprint density at radius 3 is 2.64 bits per heavy atom. The summed E-state index contributed by atoms with van der Waals surface area (Å²) in [5.74, 6) is -0.682. The van der Waals surface area contributed by atoms with Gasteiger partial charge < -0.3 is 9.64 Å². The molecule has 9 nitrogen and oxygen atoms in total. The van der Waals surface area contributed by atoms with Crippen LogP contribution in [0.4, 0.5) is 10.1 Å². The fourth-order valence-corrected chi connectivity index (χ4v) is 3.26. The maximum Gasteiger partial charge on any atom is 0.350 e. The van der Waals surface area contributed by atoms with Gasteiger partial charge in [-0.25, -0.2) is 4.39 Å². The fraction of sp³-hybridized carbons (Fsp3) is 0.412. The second-order valence-corrected chi connectivity index (χ2v) is 6.78. The Bertz CT molecular complexity index is 882. The Hall–Kier alpha value is -2.72. The Morgan fingerprint density at radius 2 is 2.07 bits per heavy atom. The first-order valence-corrected chi connectivity index (χ1v) is 8.95. The molecule has 1 aliphatic heterocycles. The van der Waals surface area contributed by atoms with E-state index in [9.17, 15) is 19.3 Å². The topological polar surface area (TPSA) is 93.7 Å². The van der Waals surface area contributed by atoms with Crippen molar-refractivity contribution in [3.63, 3.8) is 0 Å². The Kier molecular flexibility index (Phi) is 6.10. The van der Waals surface area contributed by atoms with E-state index in [1.54, 1.807) is 11.0 Å². The van der Waals surface area contributed by atoms with Gasteiger partial charge in [0.25, 0.3) is 0 Å². The molecular weight excluding hydrogens is 393 g/mol. The summed E-state index contributed by atoms with van der Waals surface area (Å²) >= 11 is 6.07. The SMILES string of the molecule is COc1nn(CC(=O)N2CCN(Cc3ccc(F)cc3Cl)CC2)cc1[N+](=O)[O-]. The Labute approximate surface area is 165 Å². The van der Waals surface area contributed by atoms with Gasteiger partial charge in [-0.3, -0.25) is 24.5 Å². The molecule has 1 fully saturated rings. The molecule has 0 saturated carbocycles. The molecule has 0 unspecified atom stereocenters. The molecule has 2 aromatic rings. The number of rotatable bonds is 6. The van der Waals surface area contributed by atoms with Crippen molar-refractivity contribution in [3.8, 4) is 5.88 Å². The predicted octanol–water partition coefficient (Wildman–Crippen LogP) is 1.94. The molecule has 0 aliphatic carbocycles. The highest BCUT2D eigenvalue weighted by Gasteiger charge is 2.25. The largest absolute Gasteiger partial charge is 0.475 e. The molecule has 11 heteroatoms.